The average Bonchev–Trinajstić information content (AvgIpc) is 3.18. The number of halogens is 1. The summed E-state index contributed by atoms with van der Waals surface area (Å²) in [5.74, 6) is 0.928. The number of thiophene rings is 1. The summed E-state index contributed by atoms with van der Waals surface area (Å²) in [7, 11) is 0. The Kier molecular flexibility index (Phi) is 6.83. The van der Waals surface area contributed by atoms with Crippen LogP contribution in [0.4, 0.5) is 5.82 Å². The molecule has 0 fully saturated rings. The summed E-state index contributed by atoms with van der Waals surface area (Å²) in [4.78, 5) is 18.0. The standard InChI is InChI=1S/C25H27ClN4S/c1-4-17-7-9-19(10-8-17)21-20(5-2)31-24-22(21)23(28-25(26)29-24)30(6-3)16-13-18-11-14-27-15-12-18/h7-12,14-15H,4-6,13,16H2,1-3H3. The Morgan fingerprint density at radius 2 is 1.65 bits per heavy atom. The molecule has 0 N–H and O–H groups in total. The van der Waals surface area contributed by atoms with Crippen molar-refractivity contribution < 1.29 is 0 Å². The molecule has 0 amide bonds. The van der Waals surface area contributed by atoms with Gasteiger partial charge in [0.1, 0.15) is 10.6 Å². The lowest BCUT2D eigenvalue weighted by atomic mass is 10.00. The third-order valence-electron chi connectivity index (χ3n) is 5.65. The van der Waals surface area contributed by atoms with Gasteiger partial charge in [-0.05, 0) is 66.6 Å². The van der Waals surface area contributed by atoms with Crippen molar-refractivity contribution >= 4 is 39.0 Å². The fourth-order valence-corrected chi connectivity index (χ4v) is 5.26. The van der Waals surface area contributed by atoms with Gasteiger partial charge in [-0.2, -0.15) is 4.98 Å². The van der Waals surface area contributed by atoms with E-state index in [4.69, 9.17) is 16.6 Å². The fourth-order valence-electron chi connectivity index (χ4n) is 3.92. The Morgan fingerprint density at radius 3 is 2.29 bits per heavy atom. The molecule has 0 radical (unpaired) electrons. The first-order valence-corrected chi connectivity index (χ1v) is 12.1. The number of hydrogen-bond acceptors (Lipinski definition) is 5. The topological polar surface area (TPSA) is 41.9 Å². The number of nitrogens with zero attached hydrogens (tertiary/aromatic N) is 4. The second-order valence-corrected chi connectivity index (χ2v) is 8.91. The monoisotopic (exact) mass is 450 g/mol. The van der Waals surface area contributed by atoms with E-state index in [9.17, 15) is 0 Å². The minimum atomic E-state index is 0.307. The molecule has 4 nitrogen and oxygen atoms in total. The van der Waals surface area contributed by atoms with Crippen LogP contribution in [0.2, 0.25) is 5.28 Å². The molecule has 0 aliphatic rings. The van der Waals surface area contributed by atoms with Crippen molar-refractivity contribution in [3.05, 3.63) is 70.1 Å². The van der Waals surface area contributed by atoms with Gasteiger partial charge in [0.2, 0.25) is 5.28 Å². The van der Waals surface area contributed by atoms with Gasteiger partial charge in [0, 0.05) is 35.9 Å². The smallest absolute Gasteiger partial charge is 0.225 e. The largest absolute Gasteiger partial charge is 0.356 e. The van der Waals surface area contributed by atoms with E-state index in [-0.39, 0.29) is 0 Å². The van der Waals surface area contributed by atoms with Gasteiger partial charge in [-0.25, -0.2) is 4.98 Å². The molecule has 160 valence electrons. The molecule has 0 bridgehead atoms. The van der Waals surface area contributed by atoms with E-state index in [1.807, 2.05) is 12.4 Å². The lowest BCUT2D eigenvalue weighted by Gasteiger charge is -2.23. The van der Waals surface area contributed by atoms with Crippen LogP contribution in [0.5, 0.6) is 0 Å². The van der Waals surface area contributed by atoms with Crippen LogP contribution < -0.4 is 4.90 Å². The van der Waals surface area contributed by atoms with Crippen molar-refractivity contribution in [2.45, 2.75) is 40.0 Å². The zero-order valence-electron chi connectivity index (χ0n) is 18.2. The van der Waals surface area contributed by atoms with Crippen molar-refractivity contribution in [1.82, 2.24) is 15.0 Å². The van der Waals surface area contributed by atoms with Crippen LogP contribution in [0.3, 0.4) is 0 Å². The summed E-state index contributed by atoms with van der Waals surface area (Å²) < 4.78 is 0. The van der Waals surface area contributed by atoms with Crippen molar-refractivity contribution in [2.75, 3.05) is 18.0 Å². The SMILES string of the molecule is CCc1ccc(-c2c(CC)sc3nc(Cl)nc(N(CC)CCc4ccncc4)c23)cc1. The van der Waals surface area contributed by atoms with Gasteiger partial charge in [0.25, 0.3) is 0 Å². The molecule has 0 saturated heterocycles. The number of hydrogen-bond donors (Lipinski definition) is 0. The van der Waals surface area contributed by atoms with Crippen molar-refractivity contribution in [3.63, 3.8) is 0 Å². The zero-order valence-corrected chi connectivity index (χ0v) is 19.8. The summed E-state index contributed by atoms with van der Waals surface area (Å²) in [5.41, 5.74) is 5.07. The summed E-state index contributed by atoms with van der Waals surface area (Å²) in [6.07, 6.45) is 6.59. The van der Waals surface area contributed by atoms with E-state index in [1.165, 1.54) is 27.1 Å². The highest BCUT2D eigenvalue weighted by molar-refractivity contribution is 7.19. The predicted molar refractivity (Wildman–Crippen MR) is 132 cm³/mol. The number of aromatic nitrogens is 3. The van der Waals surface area contributed by atoms with Gasteiger partial charge < -0.3 is 4.90 Å². The molecular weight excluding hydrogens is 424 g/mol. The van der Waals surface area contributed by atoms with Crippen LogP contribution in [0.25, 0.3) is 21.3 Å². The van der Waals surface area contributed by atoms with Gasteiger partial charge in [-0.3, -0.25) is 4.98 Å². The van der Waals surface area contributed by atoms with Gasteiger partial charge in [0.05, 0.1) is 5.39 Å². The third kappa shape index (κ3) is 4.58. The maximum absolute atomic E-state index is 6.38. The van der Waals surface area contributed by atoms with Crippen LogP contribution in [0.1, 0.15) is 36.8 Å². The molecule has 6 heteroatoms. The Hall–Kier alpha value is -2.50. The molecule has 0 saturated carbocycles. The minimum absolute atomic E-state index is 0.307. The number of likely N-dealkylation sites (N-methyl/N-ethyl adjacent to an activating group) is 1. The number of fused-ring (bicyclic) bond motifs is 1. The normalized spacial score (nSPS) is 11.2. The molecule has 3 heterocycles. The maximum atomic E-state index is 6.38. The van der Waals surface area contributed by atoms with Crippen molar-refractivity contribution in [3.8, 4) is 11.1 Å². The first-order chi connectivity index (χ1) is 15.1. The molecule has 31 heavy (non-hydrogen) atoms. The number of benzene rings is 1. The number of pyridine rings is 1. The third-order valence-corrected chi connectivity index (χ3v) is 7.05. The van der Waals surface area contributed by atoms with Crippen molar-refractivity contribution in [2.24, 2.45) is 0 Å². The molecule has 1 aromatic carbocycles. The molecule has 0 aliphatic carbocycles. The molecule has 4 rings (SSSR count). The van der Waals surface area contributed by atoms with Gasteiger partial charge in [-0.1, -0.05) is 38.1 Å². The van der Waals surface area contributed by atoms with E-state index in [2.05, 4.69) is 72.0 Å². The highest BCUT2D eigenvalue weighted by Crippen LogP contribution is 2.43. The molecule has 4 aromatic rings. The Labute approximate surface area is 193 Å². The van der Waals surface area contributed by atoms with E-state index in [1.54, 1.807) is 11.3 Å². The Bertz CT molecular complexity index is 1160. The maximum Gasteiger partial charge on any atom is 0.225 e. The number of anilines is 1. The van der Waals surface area contributed by atoms with Crippen LogP contribution in [0.15, 0.2) is 48.8 Å². The lowest BCUT2D eigenvalue weighted by molar-refractivity contribution is 0.796. The highest BCUT2D eigenvalue weighted by Gasteiger charge is 2.22. The minimum Gasteiger partial charge on any atom is -0.356 e. The number of rotatable bonds is 8. The summed E-state index contributed by atoms with van der Waals surface area (Å²) >= 11 is 8.11. The summed E-state index contributed by atoms with van der Waals surface area (Å²) in [5, 5.41) is 1.42. The highest BCUT2D eigenvalue weighted by atomic mass is 35.5. The van der Waals surface area contributed by atoms with E-state index in [0.29, 0.717) is 5.28 Å². The van der Waals surface area contributed by atoms with Crippen LogP contribution >= 0.6 is 22.9 Å². The van der Waals surface area contributed by atoms with Gasteiger partial charge in [-0.15, -0.1) is 11.3 Å². The quantitative estimate of drug-likeness (QED) is 0.283. The Balaban J connectivity index is 1.82. The molecular formula is C25H27ClN4S. The molecule has 3 aromatic heterocycles. The van der Waals surface area contributed by atoms with Crippen LogP contribution in [-0.4, -0.2) is 28.0 Å². The first-order valence-electron chi connectivity index (χ1n) is 10.9. The molecule has 0 unspecified atom stereocenters. The van der Waals surface area contributed by atoms with E-state index >= 15 is 0 Å². The Morgan fingerprint density at radius 1 is 0.903 bits per heavy atom. The molecule has 0 aliphatic heterocycles. The average molecular weight is 451 g/mol. The van der Waals surface area contributed by atoms with E-state index in [0.717, 1.165) is 48.4 Å². The summed E-state index contributed by atoms with van der Waals surface area (Å²) in [6, 6.07) is 13.0. The van der Waals surface area contributed by atoms with Crippen molar-refractivity contribution in [1.29, 1.82) is 0 Å². The first kappa shape index (κ1) is 21.7. The molecule has 0 spiro atoms. The van der Waals surface area contributed by atoms with Crippen LogP contribution in [-0.2, 0) is 19.3 Å². The molecule has 0 atom stereocenters. The summed E-state index contributed by atoms with van der Waals surface area (Å²) in [6.45, 7) is 8.25. The van der Waals surface area contributed by atoms with Gasteiger partial charge in [0.15, 0.2) is 0 Å². The number of aryl methyl sites for hydroxylation is 2. The second-order valence-electron chi connectivity index (χ2n) is 7.49. The predicted octanol–water partition coefficient (Wildman–Crippen LogP) is 6.60. The second kappa shape index (κ2) is 9.75. The zero-order chi connectivity index (χ0) is 21.8. The lowest BCUT2D eigenvalue weighted by Crippen LogP contribution is -2.26. The fraction of sp³-hybridized carbons (Fsp3) is 0.320. The van der Waals surface area contributed by atoms with E-state index < -0.39 is 0 Å². The van der Waals surface area contributed by atoms with Crippen LogP contribution in [0, 0.1) is 0 Å². The van der Waals surface area contributed by atoms with Gasteiger partial charge >= 0.3 is 0 Å².